The fourth-order valence-corrected chi connectivity index (χ4v) is 9.18. The molecule has 0 N–H and O–H groups in total. The summed E-state index contributed by atoms with van der Waals surface area (Å²) >= 11 is 0. The van der Waals surface area contributed by atoms with Gasteiger partial charge in [0.05, 0.1) is 22.4 Å². The topological polar surface area (TPSA) is 58.0 Å². The predicted octanol–water partition coefficient (Wildman–Crippen LogP) is 15.1. The largest absolute Gasteiger partial charge is 2.00 e. The van der Waals surface area contributed by atoms with Crippen molar-refractivity contribution >= 4 is 54.8 Å². The molecule has 8 aromatic carbocycles. The van der Waals surface area contributed by atoms with Crippen molar-refractivity contribution in [2.75, 3.05) is 0 Å². The van der Waals surface area contributed by atoms with E-state index in [-0.39, 0.29) is 26.5 Å². The zero-order valence-corrected chi connectivity index (χ0v) is 38.1. The third kappa shape index (κ3) is 6.84. The number of rotatable bonds is 7. The van der Waals surface area contributed by atoms with Crippen LogP contribution in [0.3, 0.4) is 0 Å². The summed E-state index contributed by atoms with van der Waals surface area (Å²) in [6.45, 7) is 6.67. The molecule has 0 spiro atoms. The van der Waals surface area contributed by atoms with Crippen molar-refractivity contribution in [3.05, 3.63) is 206 Å². The monoisotopic (exact) mass is 1020 g/mol. The number of para-hydroxylation sites is 4. The van der Waals surface area contributed by atoms with Gasteiger partial charge in [0.25, 0.3) is 0 Å². The van der Waals surface area contributed by atoms with Gasteiger partial charge in [-0.05, 0) is 75.5 Å². The first-order valence-electron chi connectivity index (χ1n) is 21.6. The molecule has 0 amide bonds. The first kappa shape index (κ1) is 40.3. The number of benzene rings is 8. The van der Waals surface area contributed by atoms with E-state index in [1.54, 1.807) is 0 Å². The van der Waals surface area contributed by atoms with Crippen LogP contribution in [-0.2, 0) is 26.5 Å². The molecule has 314 valence electrons. The fraction of sp³-hybridized carbons (Fsp3) is 0.0690. The van der Waals surface area contributed by atoms with Gasteiger partial charge in [0.1, 0.15) is 11.4 Å². The summed E-state index contributed by atoms with van der Waals surface area (Å²) in [7, 11) is 0. The Balaban J connectivity index is 0.00000469. The van der Waals surface area contributed by atoms with E-state index in [4.69, 9.17) is 19.1 Å². The van der Waals surface area contributed by atoms with Crippen molar-refractivity contribution in [3.8, 4) is 56.6 Å². The van der Waals surface area contributed by atoms with Crippen LogP contribution in [0.4, 0.5) is 0 Å². The Hall–Kier alpha value is -7.53. The summed E-state index contributed by atoms with van der Waals surface area (Å²) in [6.07, 6.45) is 1.90. The molecule has 4 heterocycles. The van der Waals surface area contributed by atoms with E-state index in [1.807, 2.05) is 42.6 Å². The van der Waals surface area contributed by atoms with Crippen molar-refractivity contribution in [1.82, 2.24) is 19.1 Å². The maximum atomic E-state index is 6.97. The molecule has 0 aliphatic carbocycles. The van der Waals surface area contributed by atoms with Gasteiger partial charge in [0.15, 0.2) is 0 Å². The zero-order chi connectivity index (χ0) is 42.9. The Labute approximate surface area is 390 Å². The van der Waals surface area contributed by atoms with Gasteiger partial charge in [0.2, 0.25) is 0 Å². The van der Waals surface area contributed by atoms with Gasteiger partial charge in [-0.2, -0.15) is 6.07 Å². The van der Waals surface area contributed by atoms with Gasteiger partial charge in [-0.25, -0.2) is 4.98 Å². The van der Waals surface area contributed by atoms with Crippen molar-refractivity contribution < 1.29 is 30.2 Å². The van der Waals surface area contributed by atoms with Crippen LogP contribution in [-0.4, -0.2) is 19.1 Å². The van der Waals surface area contributed by atoms with Crippen LogP contribution in [0.25, 0.3) is 99.9 Å². The van der Waals surface area contributed by atoms with Gasteiger partial charge < -0.3 is 18.3 Å². The van der Waals surface area contributed by atoms with Crippen LogP contribution in [0.15, 0.2) is 193 Å². The molecule has 0 unspecified atom stereocenters. The number of pyridine rings is 1. The summed E-state index contributed by atoms with van der Waals surface area (Å²) in [5.41, 5.74) is 12.3. The second kappa shape index (κ2) is 15.9. The van der Waals surface area contributed by atoms with Crippen molar-refractivity contribution in [3.63, 3.8) is 0 Å². The van der Waals surface area contributed by atoms with E-state index in [9.17, 15) is 0 Å². The molecule has 0 aliphatic rings. The van der Waals surface area contributed by atoms with Crippen LogP contribution in [0, 0.1) is 12.1 Å². The van der Waals surface area contributed by atoms with Crippen molar-refractivity contribution in [2.24, 2.45) is 0 Å². The van der Waals surface area contributed by atoms with Crippen molar-refractivity contribution in [1.29, 1.82) is 0 Å². The molecule has 4 aromatic heterocycles. The smallest absolute Gasteiger partial charge is 0.503 e. The minimum Gasteiger partial charge on any atom is -0.503 e. The van der Waals surface area contributed by atoms with E-state index < -0.39 is 0 Å². The molecular weight excluding hydrogens is 980 g/mol. The van der Waals surface area contributed by atoms with Crippen LogP contribution >= 0.6 is 0 Å². The Morgan fingerprint density at radius 2 is 1.26 bits per heavy atom. The van der Waals surface area contributed by atoms with Gasteiger partial charge in [-0.1, -0.05) is 171 Å². The number of fused-ring (bicyclic) bond motifs is 7. The van der Waals surface area contributed by atoms with Gasteiger partial charge in [0, 0.05) is 39.8 Å². The molecule has 0 aliphatic heterocycles. The molecule has 0 saturated heterocycles. The number of nitrogens with zero attached hydrogens (tertiary/aromatic N) is 4. The van der Waals surface area contributed by atoms with Crippen LogP contribution in [0.5, 0.6) is 11.5 Å². The quantitative estimate of drug-likeness (QED) is 0.149. The van der Waals surface area contributed by atoms with E-state index in [2.05, 4.69) is 188 Å². The molecule has 12 rings (SSSR count). The molecule has 7 heteroatoms. The van der Waals surface area contributed by atoms with E-state index in [1.165, 1.54) is 5.56 Å². The molecule has 0 fully saturated rings. The number of aromatic nitrogens is 4. The Kier molecular flexibility index (Phi) is 9.86. The summed E-state index contributed by atoms with van der Waals surface area (Å²) in [6, 6.07) is 70.1. The van der Waals surface area contributed by atoms with Crippen molar-refractivity contribution in [2.45, 2.75) is 26.2 Å². The van der Waals surface area contributed by atoms with Gasteiger partial charge in [-0.3, -0.25) is 4.98 Å². The Morgan fingerprint density at radius 3 is 2.06 bits per heavy atom. The zero-order valence-electron chi connectivity index (χ0n) is 35.8. The van der Waals surface area contributed by atoms with Crippen LogP contribution in [0.1, 0.15) is 26.3 Å². The van der Waals surface area contributed by atoms with E-state index in [0.717, 1.165) is 83.0 Å². The number of ether oxygens (including phenoxy) is 1. The third-order valence-corrected chi connectivity index (χ3v) is 12.2. The molecular formula is C58H40N4O2Pt. The molecule has 0 bridgehead atoms. The normalized spacial score (nSPS) is 11.8. The molecule has 0 atom stereocenters. The summed E-state index contributed by atoms with van der Waals surface area (Å²) in [5.74, 6) is 2.57. The standard InChI is InChI=1S/C58H40N4O2.Pt/c1-58(2,3)39-31-32-59-54(33-39)61-50-26-14-11-22-44(50)45-30-29-40(36-52(45)61)63-41-34-46-55-43(38-19-8-5-9-20-38)23-16-28-53(55)64-56(46)47(35-41)57-60-48-24-12-15-27-51(48)62(57)49-25-13-10-21-42(49)37-17-6-4-7-18-37;/h4-34H,1-3H3;/q-2;+2. The molecule has 65 heavy (non-hydrogen) atoms. The molecule has 0 radical (unpaired) electrons. The first-order valence-corrected chi connectivity index (χ1v) is 21.6. The molecule has 12 aromatic rings. The number of hydrogen-bond acceptors (Lipinski definition) is 4. The van der Waals surface area contributed by atoms with Crippen LogP contribution < -0.4 is 4.74 Å². The van der Waals surface area contributed by atoms with E-state index in [0.29, 0.717) is 28.5 Å². The van der Waals surface area contributed by atoms with Crippen LogP contribution in [0.2, 0.25) is 0 Å². The fourth-order valence-electron chi connectivity index (χ4n) is 9.18. The maximum absolute atomic E-state index is 6.97. The van der Waals surface area contributed by atoms with Gasteiger partial charge >= 0.3 is 21.1 Å². The average molecular weight is 1020 g/mol. The van der Waals surface area contributed by atoms with E-state index >= 15 is 0 Å². The minimum atomic E-state index is -0.0531. The molecule has 0 saturated carbocycles. The SMILES string of the molecule is CC(C)(C)c1ccnc(-n2c3[c-]c(Oc4[c-]c(-c5nc6ccccc6n5-c5ccccc5-c5ccccc5)c5oc6cccc(-c7ccccc7)c6c5c4)ccc3c3ccccc32)c1.[Pt+2]. The average Bonchev–Trinajstić information content (AvgIpc) is 4.01. The predicted molar refractivity (Wildman–Crippen MR) is 260 cm³/mol. The molecule has 6 nitrogen and oxygen atoms in total. The maximum Gasteiger partial charge on any atom is 2.00 e. The Morgan fingerprint density at radius 1 is 0.569 bits per heavy atom. The third-order valence-electron chi connectivity index (χ3n) is 12.2. The summed E-state index contributed by atoms with van der Waals surface area (Å²) < 4.78 is 18.3. The Bertz CT molecular complexity index is 3750. The minimum absolute atomic E-state index is 0. The summed E-state index contributed by atoms with van der Waals surface area (Å²) in [4.78, 5) is 10.3. The second-order valence-corrected chi connectivity index (χ2v) is 17.2. The van der Waals surface area contributed by atoms with Gasteiger partial charge in [-0.15, -0.1) is 17.5 Å². The second-order valence-electron chi connectivity index (χ2n) is 17.2. The number of imidazole rings is 1. The number of hydrogen-bond donors (Lipinski definition) is 0. The number of furan rings is 1. The first-order chi connectivity index (χ1) is 31.4. The summed E-state index contributed by atoms with van der Waals surface area (Å²) in [5, 5.41) is 4.06.